The number of hydrogen-bond donors (Lipinski definition) is 1. The van der Waals surface area contributed by atoms with E-state index in [0.29, 0.717) is 33.8 Å². The average Bonchev–Trinajstić information content (AvgIpc) is 2.90. The lowest BCUT2D eigenvalue weighted by atomic mass is 10.0. The van der Waals surface area contributed by atoms with Crippen LogP contribution in [-0.2, 0) is 21.4 Å². The molecule has 38 heavy (non-hydrogen) atoms. The van der Waals surface area contributed by atoms with Crippen molar-refractivity contribution in [2.45, 2.75) is 11.5 Å². The summed E-state index contributed by atoms with van der Waals surface area (Å²) in [6.45, 7) is -0.0343. The van der Waals surface area contributed by atoms with Gasteiger partial charge in [0.1, 0.15) is 22.9 Å². The van der Waals surface area contributed by atoms with Gasteiger partial charge >= 0.3 is 0 Å². The molecule has 0 atom stereocenters. The highest BCUT2D eigenvalue weighted by Gasteiger charge is 2.22. The quantitative estimate of drug-likeness (QED) is 0.326. The first-order chi connectivity index (χ1) is 18.3. The van der Waals surface area contributed by atoms with Gasteiger partial charge in [0.15, 0.2) is 0 Å². The SMILES string of the molecule is COCc1ncc(-c2ccc3ncn(-c4ccccc4)c(=O)c3c2)cc1NS(=O)(=O)c1ccc(F)cc1F. The van der Waals surface area contributed by atoms with Gasteiger partial charge in [-0.05, 0) is 48.0 Å². The van der Waals surface area contributed by atoms with Crippen molar-refractivity contribution < 1.29 is 21.9 Å². The highest BCUT2D eigenvalue weighted by atomic mass is 32.2. The number of aromatic nitrogens is 3. The van der Waals surface area contributed by atoms with Gasteiger partial charge < -0.3 is 4.74 Å². The number of anilines is 1. The van der Waals surface area contributed by atoms with E-state index in [2.05, 4.69) is 14.7 Å². The summed E-state index contributed by atoms with van der Waals surface area (Å²) in [5.74, 6) is -2.13. The van der Waals surface area contributed by atoms with Crippen LogP contribution in [0.5, 0.6) is 0 Å². The van der Waals surface area contributed by atoms with E-state index in [1.165, 1.54) is 30.3 Å². The minimum Gasteiger partial charge on any atom is -0.378 e. The third-order valence-corrected chi connectivity index (χ3v) is 7.20. The molecular weight excluding hydrogens is 514 g/mol. The number of methoxy groups -OCH3 is 1. The number of hydrogen-bond acceptors (Lipinski definition) is 6. The van der Waals surface area contributed by atoms with Gasteiger partial charge in [-0.15, -0.1) is 0 Å². The van der Waals surface area contributed by atoms with Gasteiger partial charge in [-0.3, -0.25) is 19.1 Å². The Labute approximate surface area is 216 Å². The summed E-state index contributed by atoms with van der Waals surface area (Å²) in [5, 5.41) is 0.352. The Morgan fingerprint density at radius 2 is 1.74 bits per heavy atom. The molecule has 0 amide bonds. The molecule has 0 saturated carbocycles. The largest absolute Gasteiger partial charge is 0.378 e. The van der Waals surface area contributed by atoms with Crippen molar-refractivity contribution in [1.29, 1.82) is 0 Å². The molecule has 0 spiro atoms. The van der Waals surface area contributed by atoms with Crippen LogP contribution in [0, 0.1) is 11.6 Å². The molecule has 2 heterocycles. The maximum atomic E-state index is 14.2. The van der Waals surface area contributed by atoms with Crippen molar-refractivity contribution in [2.24, 2.45) is 0 Å². The topological polar surface area (TPSA) is 103 Å². The normalized spacial score (nSPS) is 11.6. The Kier molecular flexibility index (Phi) is 6.70. The fraction of sp³-hybridized carbons (Fsp3) is 0.0741. The Hall–Kier alpha value is -4.48. The summed E-state index contributed by atoms with van der Waals surface area (Å²) in [7, 11) is -3.01. The fourth-order valence-corrected chi connectivity index (χ4v) is 5.10. The zero-order valence-electron chi connectivity index (χ0n) is 19.9. The van der Waals surface area contributed by atoms with Crippen LogP contribution in [0.2, 0.25) is 0 Å². The lowest BCUT2D eigenvalue weighted by Gasteiger charge is -2.14. The molecule has 8 nitrogen and oxygen atoms in total. The van der Waals surface area contributed by atoms with Crippen LogP contribution >= 0.6 is 0 Å². The van der Waals surface area contributed by atoms with Crippen LogP contribution < -0.4 is 10.3 Å². The summed E-state index contributed by atoms with van der Waals surface area (Å²) >= 11 is 0. The van der Waals surface area contributed by atoms with E-state index in [4.69, 9.17) is 4.74 Å². The average molecular weight is 535 g/mol. The molecule has 0 bridgehead atoms. The second kappa shape index (κ2) is 10.1. The van der Waals surface area contributed by atoms with Gasteiger partial charge in [0.2, 0.25) is 0 Å². The van der Waals surface area contributed by atoms with Crippen LogP contribution in [0.25, 0.3) is 27.7 Å². The van der Waals surface area contributed by atoms with E-state index < -0.39 is 26.6 Å². The monoisotopic (exact) mass is 534 g/mol. The molecule has 1 N–H and O–H groups in total. The van der Waals surface area contributed by atoms with Gasteiger partial charge in [0, 0.05) is 24.9 Å². The Morgan fingerprint density at radius 3 is 2.47 bits per heavy atom. The number of fused-ring (bicyclic) bond motifs is 1. The van der Waals surface area contributed by atoms with Gasteiger partial charge in [-0.2, -0.15) is 0 Å². The second-order valence-corrected chi connectivity index (χ2v) is 9.97. The molecule has 0 saturated heterocycles. The van der Waals surface area contributed by atoms with Crippen molar-refractivity contribution in [1.82, 2.24) is 14.5 Å². The predicted octanol–water partition coefficient (Wildman–Crippen LogP) is 4.67. The molecule has 3 aromatic carbocycles. The number of pyridine rings is 1. The molecule has 11 heteroatoms. The number of sulfonamides is 1. The van der Waals surface area contributed by atoms with E-state index in [-0.39, 0.29) is 23.5 Å². The molecule has 2 aromatic heterocycles. The third kappa shape index (κ3) is 4.89. The Bertz CT molecular complexity index is 1830. The first kappa shape index (κ1) is 25.2. The number of nitrogens with zero attached hydrogens (tertiary/aromatic N) is 3. The van der Waals surface area contributed by atoms with Crippen LogP contribution in [0.1, 0.15) is 5.69 Å². The van der Waals surface area contributed by atoms with E-state index in [1.807, 2.05) is 18.2 Å². The van der Waals surface area contributed by atoms with Crippen molar-refractivity contribution in [3.63, 3.8) is 0 Å². The lowest BCUT2D eigenvalue weighted by Crippen LogP contribution is -2.18. The van der Waals surface area contributed by atoms with Gasteiger partial charge in [0.05, 0.1) is 34.6 Å². The maximum Gasteiger partial charge on any atom is 0.265 e. The standard InChI is InChI=1S/C27H20F2N4O4S/c1-37-15-25-24(32-38(35,36)26-10-8-19(28)13-22(26)29)12-18(14-30-25)17-7-9-23-21(11-17)27(34)33(16-31-23)20-5-3-2-4-6-20/h2-14,16,32H,15H2,1H3. The minimum atomic E-state index is -4.43. The summed E-state index contributed by atoms with van der Waals surface area (Å²) in [4.78, 5) is 21.2. The van der Waals surface area contributed by atoms with Gasteiger partial charge in [-0.1, -0.05) is 24.3 Å². The molecule has 0 fully saturated rings. The van der Waals surface area contributed by atoms with E-state index in [0.717, 1.165) is 12.1 Å². The number of nitrogens with one attached hydrogen (secondary N) is 1. The van der Waals surface area contributed by atoms with Crippen LogP contribution in [-0.4, -0.2) is 30.1 Å². The molecule has 0 aliphatic heterocycles. The van der Waals surface area contributed by atoms with E-state index >= 15 is 0 Å². The highest BCUT2D eigenvalue weighted by molar-refractivity contribution is 7.92. The van der Waals surface area contributed by atoms with Crippen molar-refractivity contribution in [3.8, 4) is 16.8 Å². The minimum absolute atomic E-state index is 0.0343. The van der Waals surface area contributed by atoms with Crippen LogP contribution in [0.3, 0.4) is 0 Å². The molecule has 0 unspecified atom stereocenters. The highest BCUT2D eigenvalue weighted by Crippen LogP contribution is 2.28. The van der Waals surface area contributed by atoms with Crippen molar-refractivity contribution in [3.05, 3.63) is 113 Å². The van der Waals surface area contributed by atoms with E-state index in [9.17, 15) is 22.0 Å². The smallest absolute Gasteiger partial charge is 0.265 e. The Balaban J connectivity index is 1.58. The molecule has 5 aromatic rings. The van der Waals surface area contributed by atoms with Gasteiger partial charge in [-0.25, -0.2) is 22.2 Å². The summed E-state index contributed by atoms with van der Waals surface area (Å²) in [6, 6.07) is 17.8. The summed E-state index contributed by atoms with van der Waals surface area (Å²) < 4.78 is 62.3. The molecule has 0 aliphatic rings. The molecule has 5 rings (SSSR count). The number of benzene rings is 3. The molecule has 0 radical (unpaired) electrons. The zero-order chi connectivity index (χ0) is 26.9. The molecule has 0 aliphatic carbocycles. The van der Waals surface area contributed by atoms with Crippen LogP contribution in [0.4, 0.5) is 14.5 Å². The molecule has 192 valence electrons. The van der Waals surface area contributed by atoms with Crippen molar-refractivity contribution >= 4 is 26.6 Å². The Morgan fingerprint density at radius 1 is 0.947 bits per heavy atom. The lowest BCUT2D eigenvalue weighted by molar-refractivity contribution is 0.182. The third-order valence-electron chi connectivity index (χ3n) is 5.80. The number of rotatable bonds is 7. The number of para-hydroxylation sites is 1. The van der Waals surface area contributed by atoms with E-state index in [1.54, 1.807) is 30.3 Å². The second-order valence-electron chi connectivity index (χ2n) is 8.32. The molecular formula is C27H20F2N4O4S. The zero-order valence-corrected chi connectivity index (χ0v) is 20.7. The maximum absolute atomic E-state index is 14.2. The number of ether oxygens (including phenoxy) is 1. The fourth-order valence-electron chi connectivity index (χ4n) is 3.96. The first-order valence-electron chi connectivity index (χ1n) is 11.3. The summed E-state index contributed by atoms with van der Waals surface area (Å²) in [5.41, 5.74) is 2.22. The predicted molar refractivity (Wildman–Crippen MR) is 138 cm³/mol. The summed E-state index contributed by atoms with van der Waals surface area (Å²) in [6.07, 6.45) is 2.97. The number of halogens is 2. The van der Waals surface area contributed by atoms with Crippen LogP contribution in [0.15, 0.2) is 95.0 Å². The van der Waals surface area contributed by atoms with Crippen molar-refractivity contribution in [2.75, 3.05) is 11.8 Å². The van der Waals surface area contributed by atoms with Gasteiger partial charge in [0.25, 0.3) is 15.6 Å². The first-order valence-corrected chi connectivity index (χ1v) is 12.8.